The van der Waals surface area contributed by atoms with Gasteiger partial charge in [0.2, 0.25) is 0 Å². The van der Waals surface area contributed by atoms with Crippen LogP contribution in [0.4, 0.5) is 0 Å². The summed E-state index contributed by atoms with van der Waals surface area (Å²) >= 11 is 6.26. The van der Waals surface area contributed by atoms with Crippen molar-refractivity contribution in [2.75, 3.05) is 7.11 Å². The van der Waals surface area contributed by atoms with Crippen molar-refractivity contribution in [2.45, 2.75) is 12.5 Å². The van der Waals surface area contributed by atoms with Crippen molar-refractivity contribution in [3.05, 3.63) is 59.1 Å². The Hall–Kier alpha value is -1.84. The fraction of sp³-hybridized carbons (Fsp3) is 0.188. The van der Waals surface area contributed by atoms with E-state index in [2.05, 4.69) is 4.74 Å². The van der Waals surface area contributed by atoms with Crippen molar-refractivity contribution in [3.8, 4) is 11.1 Å². The van der Waals surface area contributed by atoms with Crippen LogP contribution in [0.1, 0.15) is 5.56 Å². The van der Waals surface area contributed by atoms with Gasteiger partial charge in [0.05, 0.1) is 7.11 Å². The maximum Gasteiger partial charge on any atom is 0.322 e. The topological polar surface area (TPSA) is 52.3 Å². The van der Waals surface area contributed by atoms with Crippen LogP contribution in [-0.2, 0) is 16.0 Å². The van der Waals surface area contributed by atoms with Crippen LogP contribution >= 0.6 is 11.6 Å². The molecule has 0 aromatic heterocycles. The van der Waals surface area contributed by atoms with Gasteiger partial charge in [-0.15, -0.1) is 0 Å². The summed E-state index contributed by atoms with van der Waals surface area (Å²) in [5.74, 6) is -0.437. The Bertz CT molecular complexity index is 599. The first-order chi connectivity index (χ1) is 9.61. The van der Waals surface area contributed by atoms with Gasteiger partial charge in [-0.2, -0.15) is 0 Å². The first kappa shape index (κ1) is 14.6. The van der Waals surface area contributed by atoms with Crippen LogP contribution in [-0.4, -0.2) is 19.1 Å². The van der Waals surface area contributed by atoms with Gasteiger partial charge in [-0.3, -0.25) is 4.79 Å². The van der Waals surface area contributed by atoms with Gasteiger partial charge in [0, 0.05) is 5.02 Å². The molecule has 104 valence electrons. The quantitative estimate of drug-likeness (QED) is 0.880. The third kappa shape index (κ3) is 3.38. The van der Waals surface area contributed by atoms with Gasteiger partial charge >= 0.3 is 5.97 Å². The molecule has 4 heteroatoms. The van der Waals surface area contributed by atoms with E-state index in [4.69, 9.17) is 17.3 Å². The van der Waals surface area contributed by atoms with Gasteiger partial charge in [-0.05, 0) is 29.2 Å². The van der Waals surface area contributed by atoms with E-state index in [1.54, 1.807) is 0 Å². The fourth-order valence-electron chi connectivity index (χ4n) is 1.99. The zero-order chi connectivity index (χ0) is 14.5. The molecule has 2 aromatic carbocycles. The lowest BCUT2D eigenvalue weighted by Gasteiger charge is -2.11. The first-order valence-corrected chi connectivity index (χ1v) is 6.67. The third-order valence-corrected chi connectivity index (χ3v) is 3.46. The Kier molecular flexibility index (Phi) is 4.77. The molecule has 0 radical (unpaired) electrons. The van der Waals surface area contributed by atoms with Crippen LogP contribution in [0.3, 0.4) is 0 Å². The molecule has 0 saturated heterocycles. The summed E-state index contributed by atoms with van der Waals surface area (Å²) in [6.45, 7) is 0. The van der Waals surface area contributed by atoms with Crippen LogP contribution in [0.2, 0.25) is 5.02 Å². The van der Waals surface area contributed by atoms with Crippen LogP contribution in [0.15, 0.2) is 48.5 Å². The van der Waals surface area contributed by atoms with Gasteiger partial charge in [-0.25, -0.2) is 0 Å². The van der Waals surface area contributed by atoms with Gasteiger partial charge < -0.3 is 10.5 Å². The van der Waals surface area contributed by atoms with E-state index in [1.807, 2.05) is 48.5 Å². The number of rotatable bonds is 4. The molecule has 3 nitrogen and oxygen atoms in total. The average molecular weight is 290 g/mol. The normalized spacial score (nSPS) is 11.9. The third-order valence-electron chi connectivity index (χ3n) is 3.10. The Balaban J connectivity index is 2.20. The van der Waals surface area contributed by atoms with Crippen LogP contribution < -0.4 is 5.73 Å². The highest BCUT2D eigenvalue weighted by atomic mass is 35.5. The molecule has 0 unspecified atom stereocenters. The maximum atomic E-state index is 11.3. The summed E-state index contributed by atoms with van der Waals surface area (Å²) in [4.78, 5) is 11.3. The van der Waals surface area contributed by atoms with Gasteiger partial charge in [-0.1, -0.05) is 54.1 Å². The van der Waals surface area contributed by atoms with Crippen molar-refractivity contribution in [1.82, 2.24) is 0 Å². The fourth-order valence-corrected chi connectivity index (χ4v) is 2.25. The lowest BCUT2D eigenvalue weighted by atomic mass is 10.0. The number of halogens is 1. The van der Waals surface area contributed by atoms with Crippen molar-refractivity contribution >= 4 is 17.6 Å². The second kappa shape index (κ2) is 6.55. The predicted molar refractivity (Wildman–Crippen MR) is 80.6 cm³/mol. The second-order valence-corrected chi connectivity index (χ2v) is 4.91. The number of carbonyl (C=O) groups is 1. The van der Waals surface area contributed by atoms with Crippen LogP contribution in [0, 0.1) is 0 Å². The highest BCUT2D eigenvalue weighted by molar-refractivity contribution is 6.31. The van der Waals surface area contributed by atoms with E-state index in [9.17, 15) is 4.79 Å². The number of hydrogen-bond acceptors (Lipinski definition) is 3. The monoisotopic (exact) mass is 289 g/mol. The Morgan fingerprint density at radius 2 is 1.90 bits per heavy atom. The number of carbonyl (C=O) groups excluding carboxylic acids is 1. The lowest BCUT2D eigenvalue weighted by molar-refractivity contribution is -0.142. The summed E-state index contributed by atoms with van der Waals surface area (Å²) in [6, 6.07) is 15.0. The van der Waals surface area contributed by atoms with E-state index < -0.39 is 12.0 Å². The summed E-state index contributed by atoms with van der Waals surface area (Å²) in [5, 5.41) is 0.603. The molecule has 0 amide bonds. The average Bonchev–Trinajstić information content (AvgIpc) is 2.49. The maximum absolute atomic E-state index is 11.3. The summed E-state index contributed by atoms with van der Waals surface area (Å²) in [6.07, 6.45) is 0.362. The van der Waals surface area contributed by atoms with Crippen molar-refractivity contribution in [3.63, 3.8) is 0 Å². The minimum absolute atomic E-state index is 0.362. The first-order valence-electron chi connectivity index (χ1n) is 6.29. The molecule has 1 atom stereocenters. The molecule has 0 aliphatic rings. The zero-order valence-electron chi connectivity index (χ0n) is 11.2. The molecule has 0 aliphatic carbocycles. The summed E-state index contributed by atoms with van der Waals surface area (Å²) in [5.41, 5.74) is 8.71. The van der Waals surface area contributed by atoms with Crippen LogP contribution in [0.5, 0.6) is 0 Å². The van der Waals surface area contributed by atoms with E-state index in [0.717, 1.165) is 16.7 Å². The molecule has 0 spiro atoms. The number of esters is 1. The molecule has 0 heterocycles. The molecular formula is C16H16ClNO2. The zero-order valence-corrected chi connectivity index (χ0v) is 11.9. The molecular weight excluding hydrogens is 274 g/mol. The number of nitrogens with two attached hydrogens (primary N) is 1. The van der Waals surface area contributed by atoms with Crippen molar-refractivity contribution in [2.24, 2.45) is 5.73 Å². The summed E-state index contributed by atoms with van der Waals surface area (Å²) in [7, 11) is 1.32. The molecule has 2 rings (SSSR count). The predicted octanol–water partition coefficient (Wildman–Crippen LogP) is 3.05. The second-order valence-electron chi connectivity index (χ2n) is 4.51. The van der Waals surface area contributed by atoms with Gasteiger partial charge in [0.1, 0.15) is 6.04 Å². The standard InChI is InChI=1S/C16H16ClNO2/c1-20-16(19)15(18)10-13-8-7-12(9-14(13)17)11-5-3-2-4-6-11/h2-9,15H,10,18H2,1H3/t15-/m0/s1. The minimum Gasteiger partial charge on any atom is -0.468 e. The SMILES string of the molecule is COC(=O)[C@@H](N)Cc1ccc(-c2ccccc2)cc1Cl. The smallest absolute Gasteiger partial charge is 0.322 e. The molecule has 2 N–H and O–H groups in total. The number of hydrogen-bond donors (Lipinski definition) is 1. The lowest BCUT2D eigenvalue weighted by Crippen LogP contribution is -2.33. The number of ether oxygens (including phenoxy) is 1. The largest absolute Gasteiger partial charge is 0.468 e. The molecule has 0 fully saturated rings. The van der Waals surface area contributed by atoms with E-state index in [1.165, 1.54) is 7.11 Å². The van der Waals surface area contributed by atoms with Crippen LogP contribution in [0.25, 0.3) is 11.1 Å². The Labute approximate surface area is 123 Å². The van der Waals surface area contributed by atoms with E-state index in [-0.39, 0.29) is 0 Å². The Morgan fingerprint density at radius 1 is 1.20 bits per heavy atom. The molecule has 2 aromatic rings. The highest BCUT2D eigenvalue weighted by Crippen LogP contribution is 2.26. The van der Waals surface area contributed by atoms with E-state index >= 15 is 0 Å². The Morgan fingerprint density at radius 3 is 2.50 bits per heavy atom. The minimum atomic E-state index is -0.694. The van der Waals surface area contributed by atoms with Crippen molar-refractivity contribution in [1.29, 1.82) is 0 Å². The van der Waals surface area contributed by atoms with Crippen molar-refractivity contribution < 1.29 is 9.53 Å². The molecule has 20 heavy (non-hydrogen) atoms. The van der Waals surface area contributed by atoms with Gasteiger partial charge in [0.25, 0.3) is 0 Å². The highest BCUT2D eigenvalue weighted by Gasteiger charge is 2.16. The molecule has 0 aliphatic heterocycles. The van der Waals surface area contributed by atoms with Gasteiger partial charge in [0.15, 0.2) is 0 Å². The molecule has 0 bridgehead atoms. The summed E-state index contributed by atoms with van der Waals surface area (Å²) < 4.78 is 4.61. The molecule has 0 saturated carbocycles. The number of methoxy groups -OCH3 is 1. The number of benzene rings is 2. The van der Waals surface area contributed by atoms with E-state index in [0.29, 0.717) is 11.4 Å².